The normalized spacial score (nSPS) is 10.3. The summed E-state index contributed by atoms with van der Waals surface area (Å²) in [7, 11) is 0. The lowest BCUT2D eigenvalue weighted by Crippen LogP contribution is -2.01. The molecule has 0 aliphatic rings. The molecule has 0 saturated heterocycles. The largest absolute Gasteiger partial charge is 0.490 e. The van der Waals surface area contributed by atoms with E-state index in [2.05, 4.69) is 0 Å². The second-order valence-corrected chi connectivity index (χ2v) is 3.55. The number of rotatable bonds is 6. The number of carbonyl (C=O) groups is 2. The standard InChI is InChI=1S/C14H16O4/c1-3-17-14(16)5-4-10-18-13-8-6-12(7-9-13)11(2)15/h4-9H,3,10H2,1-2H3/b5-4+. The summed E-state index contributed by atoms with van der Waals surface area (Å²) in [6.45, 7) is 3.89. The van der Waals surface area contributed by atoms with Gasteiger partial charge in [0.15, 0.2) is 5.78 Å². The lowest BCUT2D eigenvalue weighted by molar-refractivity contribution is -0.137. The minimum absolute atomic E-state index is 0.0174. The highest BCUT2D eigenvalue weighted by Crippen LogP contribution is 2.12. The van der Waals surface area contributed by atoms with E-state index in [0.29, 0.717) is 17.9 Å². The van der Waals surface area contributed by atoms with E-state index in [1.54, 1.807) is 37.3 Å². The topological polar surface area (TPSA) is 52.6 Å². The molecule has 0 heterocycles. The van der Waals surface area contributed by atoms with Gasteiger partial charge in [0.1, 0.15) is 12.4 Å². The number of benzene rings is 1. The van der Waals surface area contributed by atoms with Crippen LogP contribution in [-0.4, -0.2) is 25.0 Å². The number of hydrogen-bond donors (Lipinski definition) is 0. The van der Waals surface area contributed by atoms with Gasteiger partial charge in [-0.1, -0.05) is 0 Å². The van der Waals surface area contributed by atoms with Crippen LogP contribution >= 0.6 is 0 Å². The van der Waals surface area contributed by atoms with Crippen LogP contribution in [0.2, 0.25) is 0 Å². The van der Waals surface area contributed by atoms with Gasteiger partial charge in [0.25, 0.3) is 0 Å². The van der Waals surface area contributed by atoms with E-state index < -0.39 is 0 Å². The maximum atomic E-state index is 11.1. The van der Waals surface area contributed by atoms with Crippen LogP contribution in [0.15, 0.2) is 36.4 Å². The fourth-order valence-corrected chi connectivity index (χ4v) is 1.26. The molecule has 0 amide bonds. The molecule has 0 aliphatic carbocycles. The predicted molar refractivity (Wildman–Crippen MR) is 67.7 cm³/mol. The molecule has 1 aromatic rings. The summed E-state index contributed by atoms with van der Waals surface area (Å²) in [5.74, 6) is 0.283. The van der Waals surface area contributed by atoms with Gasteiger partial charge >= 0.3 is 5.97 Å². The Morgan fingerprint density at radius 3 is 2.44 bits per heavy atom. The highest BCUT2D eigenvalue weighted by molar-refractivity contribution is 5.94. The number of ketones is 1. The van der Waals surface area contributed by atoms with Crippen molar-refractivity contribution in [3.05, 3.63) is 42.0 Å². The number of hydrogen-bond acceptors (Lipinski definition) is 4. The summed E-state index contributed by atoms with van der Waals surface area (Å²) in [5.41, 5.74) is 0.643. The Hall–Kier alpha value is -2.10. The summed E-state index contributed by atoms with van der Waals surface area (Å²) >= 11 is 0. The lowest BCUT2D eigenvalue weighted by atomic mass is 10.1. The average Bonchev–Trinajstić information content (AvgIpc) is 2.35. The maximum Gasteiger partial charge on any atom is 0.330 e. The minimum atomic E-state index is -0.381. The Balaban J connectivity index is 2.40. The number of carbonyl (C=O) groups excluding carboxylic acids is 2. The number of Topliss-reactive ketones (excluding diaryl/α,β-unsaturated/α-hetero) is 1. The second kappa shape index (κ2) is 7.27. The third kappa shape index (κ3) is 4.82. The molecule has 0 aliphatic heterocycles. The van der Waals surface area contributed by atoms with Gasteiger partial charge < -0.3 is 9.47 Å². The predicted octanol–water partition coefficient (Wildman–Crippen LogP) is 2.39. The second-order valence-electron chi connectivity index (χ2n) is 3.55. The van der Waals surface area contributed by atoms with Crippen molar-refractivity contribution in [2.24, 2.45) is 0 Å². The van der Waals surface area contributed by atoms with Crippen molar-refractivity contribution < 1.29 is 19.1 Å². The quantitative estimate of drug-likeness (QED) is 0.440. The van der Waals surface area contributed by atoms with Gasteiger partial charge in [-0.2, -0.15) is 0 Å². The van der Waals surface area contributed by atoms with E-state index in [-0.39, 0.29) is 18.4 Å². The lowest BCUT2D eigenvalue weighted by Gasteiger charge is -2.03. The van der Waals surface area contributed by atoms with Crippen LogP contribution in [0.4, 0.5) is 0 Å². The van der Waals surface area contributed by atoms with Crippen molar-refractivity contribution in [2.45, 2.75) is 13.8 Å². The molecule has 0 spiro atoms. The van der Waals surface area contributed by atoms with Gasteiger partial charge in [-0.15, -0.1) is 0 Å². The van der Waals surface area contributed by atoms with Crippen molar-refractivity contribution in [2.75, 3.05) is 13.2 Å². The Morgan fingerprint density at radius 2 is 1.89 bits per heavy atom. The summed E-state index contributed by atoms with van der Waals surface area (Å²) in [5, 5.41) is 0. The highest BCUT2D eigenvalue weighted by Gasteiger charge is 1.99. The molecule has 18 heavy (non-hydrogen) atoms. The monoisotopic (exact) mass is 248 g/mol. The Morgan fingerprint density at radius 1 is 1.22 bits per heavy atom. The molecule has 0 atom stereocenters. The zero-order valence-electron chi connectivity index (χ0n) is 10.5. The van der Waals surface area contributed by atoms with Crippen molar-refractivity contribution in [3.8, 4) is 5.75 Å². The zero-order valence-corrected chi connectivity index (χ0v) is 10.5. The molecule has 0 aromatic heterocycles. The Bertz CT molecular complexity index is 432. The fourth-order valence-electron chi connectivity index (χ4n) is 1.26. The third-order valence-electron chi connectivity index (χ3n) is 2.15. The van der Waals surface area contributed by atoms with Gasteiger partial charge in [0.05, 0.1) is 6.61 Å². The Kier molecular flexibility index (Phi) is 5.64. The van der Waals surface area contributed by atoms with Crippen LogP contribution in [0.3, 0.4) is 0 Å². The average molecular weight is 248 g/mol. The minimum Gasteiger partial charge on any atom is -0.490 e. The molecule has 4 heteroatoms. The molecular weight excluding hydrogens is 232 g/mol. The molecule has 4 nitrogen and oxygen atoms in total. The van der Waals surface area contributed by atoms with E-state index in [1.165, 1.54) is 13.0 Å². The first-order chi connectivity index (χ1) is 8.63. The van der Waals surface area contributed by atoms with E-state index >= 15 is 0 Å². The SMILES string of the molecule is CCOC(=O)/C=C/COc1ccc(C(C)=O)cc1. The molecule has 1 aromatic carbocycles. The first-order valence-electron chi connectivity index (χ1n) is 5.70. The fraction of sp³-hybridized carbons (Fsp3) is 0.286. The molecule has 1 rings (SSSR count). The van der Waals surface area contributed by atoms with Crippen LogP contribution in [0, 0.1) is 0 Å². The summed E-state index contributed by atoms with van der Waals surface area (Å²) in [6.07, 6.45) is 2.91. The van der Waals surface area contributed by atoms with Gasteiger partial charge in [-0.05, 0) is 44.2 Å². The first-order valence-corrected chi connectivity index (χ1v) is 5.70. The third-order valence-corrected chi connectivity index (χ3v) is 2.15. The van der Waals surface area contributed by atoms with Gasteiger partial charge in [-0.3, -0.25) is 4.79 Å². The van der Waals surface area contributed by atoms with E-state index in [1.807, 2.05) is 0 Å². The highest BCUT2D eigenvalue weighted by atomic mass is 16.5. The smallest absolute Gasteiger partial charge is 0.330 e. The van der Waals surface area contributed by atoms with Crippen molar-refractivity contribution in [1.82, 2.24) is 0 Å². The summed E-state index contributed by atoms with van der Waals surface area (Å²) < 4.78 is 10.1. The Labute approximate surface area is 106 Å². The van der Waals surface area contributed by atoms with Gasteiger partial charge in [-0.25, -0.2) is 4.79 Å². The molecule has 0 fully saturated rings. The first kappa shape index (κ1) is 14.0. The van der Waals surface area contributed by atoms with E-state index in [4.69, 9.17) is 9.47 Å². The zero-order chi connectivity index (χ0) is 13.4. The van der Waals surface area contributed by atoms with Crippen molar-refractivity contribution >= 4 is 11.8 Å². The number of esters is 1. The number of ether oxygens (including phenoxy) is 2. The van der Waals surface area contributed by atoms with Crippen molar-refractivity contribution in [1.29, 1.82) is 0 Å². The van der Waals surface area contributed by atoms with Crippen LogP contribution in [-0.2, 0) is 9.53 Å². The molecule has 0 radical (unpaired) electrons. The van der Waals surface area contributed by atoms with E-state index in [9.17, 15) is 9.59 Å². The van der Waals surface area contributed by atoms with E-state index in [0.717, 1.165) is 0 Å². The molecule has 0 bridgehead atoms. The molecule has 96 valence electrons. The van der Waals surface area contributed by atoms with Crippen LogP contribution in [0.25, 0.3) is 0 Å². The summed E-state index contributed by atoms with van der Waals surface area (Å²) in [6, 6.07) is 6.84. The summed E-state index contributed by atoms with van der Waals surface area (Å²) in [4.78, 5) is 22.0. The molecular formula is C14H16O4. The molecule has 0 N–H and O–H groups in total. The maximum absolute atomic E-state index is 11.1. The van der Waals surface area contributed by atoms with Crippen LogP contribution in [0.5, 0.6) is 5.75 Å². The van der Waals surface area contributed by atoms with Crippen LogP contribution in [0.1, 0.15) is 24.2 Å². The van der Waals surface area contributed by atoms with Gasteiger partial charge in [0, 0.05) is 11.6 Å². The van der Waals surface area contributed by atoms with Gasteiger partial charge in [0.2, 0.25) is 0 Å². The molecule has 0 saturated carbocycles. The van der Waals surface area contributed by atoms with Crippen molar-refractivity contribution in [3.63, 3.8) is 0 Å². The van der Waals surface area contributed by atoms with Crippen LogP contribution < -0.4 is 4.74 Å². The molecule has 0 unspecified atom stereocenters.